The molecule has 2 aromatic heterocycles. The van der Waals surface area contributed by atoms with Crippen molar-refractivity contribution in [1.29, 1.82) is 0 Å². The third kappa shape index (κ3) is 2.79. The molecule has 5 aromatic rings. The van der Waals surface area contributed by atoms with E-state index in [0.29, 0.717) is 24.3 Å². The second-order valence-corrected chi connectivity index (χ2v) is 7.85. The number of pyridine rings is 1. The molecular weight excluding hydrogens is 390 g/mol. The van der Waals surface area contributed by atoms with Crippen molar-refractivity contribution >= 4 is 44.3 Å². The molecule has 1 aliphatic heterocycles. The van der Waals surface area contributed by atoms with E-state index >= 15 is 0 Å². The third-order valence-electron chi connectivity index (χ3n) is 6.05. The molecular formula is C25H21N3O3. The molecule has 6 rings (SSSR count). The number of nitrogens with two attached hydrogens (primary N) is 1. The highest BCUT2D eigenvalue weighted by atomic mass is 16.5. The summed E-state index contributed by atoms with van der Waals surface area (Å²) in [7, 11) is 0. The maximum absolute atomic E-state index is 13.0. The van der Waals surface area contributed by atoms with Gasteiger partial charge in [-0.1, -0.05) is 30.3 Å². The van der Waals surface area contributed by atoms with Crippen molar-refractivity contribution in [3.8, 4) is 11.1 Å². The molecule has 31 heavy (non-hydrogen) atoms. The van der Waals surface area contributed by atoms with Gasteiger partial charge in [-0.3, -0.25) is 4.79 Å². The van der Waals surface area contributed by atoms with E-state index in [-0.39, 0.29) is 5.43 Å². The van der Waals surface area contributed by atoms with Gasteiger partial charge in [0, 0.05) is 46.7 Å². The summed E-state index contributed by atoms with van der Waals surface area (Å²) in [6.07, 6.45) is 0. The maximum atomic E-state index is 13.0. The molecule has 0 radical (unpaired) electrons. The number of furan rings is 1. The van der Waals surface area contributed by atoms with Crippen molar-refractivity contribution in [3.05, 3.63) is 70.9 Å². The summed E-state index contributed by atoms with van der Waals surface area (Å²) in [6.45, 7) is 2.80. The Kier molecular flexibility index (Phi) is 4.01. The largest absolute Gasteiger partial charge is 0.455 e. The van der Waals surface area contributed by atoms with Gasteiger partial charge < -0.3 is 24.8 Å². The SMILES string of the molecule is Nc1ccc(-c2cccc3c(=O)cc(N4CCOCC4)[nH]c23)c2oc3ccccc3c12. The van der Waals surface area contributed by atoms with Gasteiger partial charge in [-0.05, 0) is 24.3 Å². The number of nitrogen functional groups attached to an aromatic ring is 1. The van der Waals surface area contributed by atoms with Crippen molar-refractivity contribution in [1.82, 2.24) is 4.98 Å². The van der Waals surface area contributed by atoms with E-state index in [9.17, 15) is 4.79 Å². The van der Waals surface area contributed by atoms with Crippen LogP contribution in [0.1, 0.15) is 0 Å². The number of ether oxygens (including phenoxy) is 1. The predicted molar refractivity (Wildman–Crippen MR) is 125 cm³/mol. The number of benzene rings is 3. The lowest BCUT2D eigenvalue weighted by Gasteiger charge is -2.28. The molecule has 0 bridgehead atoms. The van der Waals surface area contributed by atoms with Crippen LogP contribution in [0.2, 0.25) is 0 Å². The second kappa shape index (κ2) is 6.89. The summed E-state index contributed by atoms with van der Waals surface area (Å²) >= 11 is 0. The summed E-state index contributed by atoms with van der Waals surface area (Å²) in [4.78, 5) is 18.6. The zero-order valence-electron chi connectivity index (χ0n) is 16.9. The summed E-state index contributed by atoms with van der Waals surface area (Å²) < 4.78 is 11.7. The molecule has 0 aliphatic carbocycles. The average Bonchev–Trinajstić information content (AvgIpc) is 3.20. The minimum absolute atomic E-state index is 0.00612. The second-order valence-electron chi connectivity index (χ2n) is 7.85. The number of nitrogens with one attached hydrogen (secondary N) is 1. The van der Waals surface area contributed by atoms with Crippen LogP contribution >= 0.6 is 0 Å². The van der Waals surface area contributed by atoms with Gasteiger partial charge in [0.2, 0.25) is 0 Å². The Labute approximate surface area is 177 Å². The molecule has 3 aromatic carbocycles. The Bertz CT molecular complexity index is 1510. The maximum Gasteiger partial charge on any atom is 0.191 e. The molecule has 0 atom stereocenters. The third-order valence-corrected chi connectivity index (χ3v) is 6.05. The van der Waals surface area contributed by atoms with Crippen LogP contribution in [0.15, 0.2) is 69.9 Å². The minimum atomic E-state index is -0.00612. The fourth-order valence-electron chi connectivity index (χ4n) is 4.52. The Morgan fingerprint density at radius 3 is 2.58 bits per heavy atom. The number of hydrogen-bond donors (Lipinski definition) is 2. The van der Waals surface area contributed by atoms with E-state index < -0.39 is 0 Å². The first-order valence-electron chi connectivity index (χ1n) is 10.4. The summed E-state index contributed by atoms with van der Waals surface area (Å²) in [5.74, 6) is 0.810. The van der Waals surface area contributed by atoms with Gasteiger partial charge in [0.05, 0.1) is 24.1 Å². The van der Waals surface area contributed by atoms with E-state index in [2.05, 4.69) is 9.88 Å². The number of anilines is 2. The van der Waals surface area contributed by atoms with Crippen LogP contribution in [0.25, 0.3) is 44.0 Å². The van der Waals surface area contributed by atoms with Gasteiger partial charge >= 0.3 is 0 Å². The first kappa shape index (κ1) is 18.0. The zero-order chi connectivity index (χ0) is 20.9. The van der Waals surface area contributed by atoms with Crippen LogP contribution in [0.5, 0.6) is 0 Å². The number of rotatable bonds is 2. The molecule has 6 nitrogen and oxygen atoms in total. The van der Waals surface area contributed by atoms with Gasteiger partial charge in [-0.2, -0.15) is 0 Å². The molecule has 1 saturated heterocycles. The molecule has 3 N–H and O–H groups in total. The zero-order valence-corrected chi connectivity index (χ0v) is 16.9. The highest BCUT2D eigenvalue weighted by molar-refractivity contribution is 6.16. The minimum Gasteiger partial charge on any atom is -0.455 e. The number of nitrogens with zero attached hydrogens (tertiary/aromatic N) is 1. The Balaban J connectivity index is 1.65. The molecule has 1 fully saturated rings. The summed E-state index contributed by atoms with van der Waals surface area (Å²) in [5.41, 5.74) is 11.1. The molecule has 0 spiro atoms. The molecule has 1 aliphatic rings. The van der Waals surface area contributed by atoms with Crippen molar-refractivity contribution in [3.63, 3.8) is 0 Å². The lowest BCUT2D eigenvalue weighted by atomic mass is 9.98. The Morgan fingerprint density at radius 2 is 1.71 bits per heavy atom. The lowest BCUT2D eigenvalue weighted by Crippen LogP contribution is -2.37. The highest BCUT2D eigenvalue weighted by Gasteiger charge is 2.19. The van der Waals surface area contributed by atoms with Crippen LogP contribution in [0, 0.1) is 0 Å². The standard InChI is InChI=1S/C25H21N3O3/c26-19-9-8-16(25-23(19)18-4-1-2-7-21(18)31-25)15-5-3-6-17-20(29)14-22(27-24(15)17)28-10-12-30-13-11-28/h1-9,14H,10-13,26H2,(H,27,29). The highest BCUT2D eigenvalue weighted by Crippen LogP contribution is 2.40. The van der Waals surface area contributed by atoms with Gasteiger partial charge in [0.25, 0.3) is 0 Å². The fraction of sp³-hybridized carbons (Fsp3) is 0.160. The van der Waals surface area contributed by atoms with Crippen molar-refractivity contribution in [2.24, 2.45) is 0 Å². The molecule has 0 saturated carbocycles. The monoisotopic (exact) mass is 411 g/mol. The first-order chi connectivity index (χ1) is 15.2. The van der Waals surface area contributed by atoms with Crippen molar-refractivity contribution in [2.75, 3.05) is 36.9 Å². The van der Waals surface area contributed by atoms with Crippen LogP contribution in [-0.4, -0.2) is 31.3 Å². The van der Waals surface area contributed by atoms with E-state index in [0.717, 1.165) is 57.5 Å². The van der Waals surface area contributed by atoms with E-state index in [1.165, 1.54) is 0 Å². The van der Waals surface area contributed by atoms with Gasteiger partial charge in [-0.15, -0.1) is 0 Å². The number of H-pyrrole nitrogens is 1. The van der Waals surface area contributed by atoms with Crippen LogP contribution < -0.4 is 16.1 Å². The smallest absolute Gasteiger partial charge is 0.191 e. The van der Waals surface area contributed by atoms with Crippen molar-refractivity contribution < 1.29 is 9.15 Å². The van der Waals surface area contributed by atoms with Crippen LogP contribution in [0.3, 0.4) is 0 Å². The number of morpholine rings is 1. The quantitative estimate of drug-likeness (QED) is 0.418. The van der Waals surface area contributed by atoms with Crippen LogP contribution in [0.4, 0.5) is 11.5 Å². The van der Waals surface area contributed by atoms with Crippen LogP contribution in [-0.2, 0) is 4.74 Å². The molecule has 0 amide bonds. The Morgan fingerprint density at radius 1 is 0.903 bits per heavy atom. The molecule has 6 heteroatoms. The van der Waals surface area contributed by atoms with E-state index in [4.69, 9.17) is 14.9 Å². The number of aromatic nitrogens is 1. The average molecular weight is 411 g/mol. The number of hydrogen-bond acceptors (Lipinski definition) is 5. The summed E-state index contributed by atoms with van der Waals surface area (Å²) in [6, 6.07) is 19.2. The predicted octanol–water partition coefficient (Wildman–Crippen LogP) is 4.51. The topological polar surface area (TPSA) is 84.5 Å². The Hall–Kier alpha value is -3.77. The normalized spacial score (nSPS) is 14.6. The molecule has 3 heterocycles. The van der Waals surface area contributed by atoms with E-state index in [1.54, 1.807) is 6.07 Å². The molecule has 154 valence electrons. The van der Waals surface area contributed by atoms with Gasteiger partial charge in [0.1, 0.15) is 17.0 Å². The number of fused-ring (bicyclic) bond motifs is 4. The molecule has 0 unspecified atom stereocenters. The van der Waals surface area contributed by atoms with Crippen molar-refractivity contribution in [2.45, 2.75) is 0 Å². The van der Waals surface area contributed by atoms with Gasteiger partial charge in [-0.25, -0.2) is 0 Å². The fourth-order valence-corrected chi connectivity index (χ4v) is 4.52. The first-order valence-corrected chi connectivity index (χ1v) is 10.4. The number of aromatic amines is 1. The van der Waals surface area contributed by atoms with Gasteiger partial charge in [0.15, 0.2) is 5.43 Å². The van der Waals surface area contributed by atoms with E-state index in [1.807, 2.05) is 54.6 Å². The summed E-state index contributed by atoms with van der Waals surface area (Å²) in [5, 5.41) is 2.53. The lowest BCUT2D eigenvalue weighted by molar-refractivity contribution is 0.122. The number of para-hydroxylation sites is 2.